The van der Waals surface area contributed by atoms with Crippen molar-refractivity contribution in [2.24, 2.45) is 0 Å². The molecule has 1 aromatic heterocycles. The van der Waals surface area contributed by atoms with Crippen LogP contribution in [-0.2, 0) is 5.41 Å². The van der Waals surface area contributed by atoms with Gasteiger partial charge in [-0.05, 0) is 103 Å². The Balaban J connectivity index is 1.16. The Bertz CT molecular complexity index is 3640. The first-order valence-corrected chi connectivity index (χ1v) is 22.5. The third-order valence-electron chi connectivity index (χ3n) is 14.3. The van der Waals surface area contributed by atoms with E-state index >= 15 is 0 Å². The zero-order valence-corrected chi connectivity index (χ0v) is 35.4. The normalized spacial score (nSPS) is 13.9. The van der Waals surface area contributed by atoms with Crippen molar-refractivity contribution in [2.75, 3.05) is 9.71 Å². The lowest BCUT2D eigenvalue weighted by molar-refractivity contribution is 0.668. The maximum atomic E-state index is 7.21. The van der Waals surface area contributed by atoms with Gasteiger partial charge in [0.1, 0.15) is 5.58 Å². The standard InChI is InChI=1S/C61H39BN2O/c1-5-19-40(20-6-1)42-23-17-28-46(37-42)64-54-36-35-43(41-21-7-2-8-22-41)38-48(54)49-39-50-47-29-13-16-34-56(47)65-60(50)59-57(49)62(64)53-32-18-31-52-58(53)63(59)55-33-15-14-30-51(55)61(52,44-24-9-3-10-25-44)45-26-11-4-12-27-45/h1-39H. The van der Waals surface area contributed by atoms with Gasteiger partial charge in [-0.15, -0.1) is 0 Å². The second-order valence-corrected chi connectivity index (χ2v) is 17.5. The van der Waals surface area contributed by atoms with Gasteiger partial charge in [-0.25, -0.2) is 0 Å². The van der Waals surface area contributed by atoms with E-state index < -0.39 is 5.41 Å². The highest BCUT2D eigenvalue weighted by molar-refractivity contribution is 6.94. The molecule has 0 atom stereocenters. The van der Waals surface area contributed by atoms with Crippen LogP contribution in [0.2, 0.25) is 0 Å². The average molecular weight is 827 g/mol. The maximum absolute atomic E-state index is 7.21. The predicted octanol–water partition coefficient (Wildman–Crippen LogP) is 14.3. The first-order valence-electron chi connectivity index (χ1n) is 22.5. The topological polar surface area (TPSA) is 19.6 Å². The molecule has 0 spiro atoms. The molecule has 4 heterocycles. The van der Waals surface area contributed by atoms with Gasteiger partial charge in [-0.1, -0.05) is 194 Å². The summed E-state index contributed by atoms with van der Waals surface area (Å²) < 4.78 is 7.21. The molecule has 0 N–H and O–H groups in total. The molecule has 0 radical (unpaired) electrons. The van der Waals surface area contributed by atoms with Crippen molar-refractivity contribution in [1.82, 2.24) is 0 Å². The van der Waals surface area contributed by atoms with Crippen LogP contribution in [0.1, 0.15) is 22.3 Å². The third-order valence-corrected chi connectivity index (χ3v) is 14.3. The van der Waals surface area contributed by atoms with E-state index in [1.165, 1.54) is 77.9 Å². The SMILES string of the molecule is c1ccc(-c2cccc(N3B4c5cccc6c5N(c5ccccc5C6(c5ccccc5)c5ccccc5)c5c4c(cc4c5oc5ccccc54)-c4cc(-c5ccccc5)ccc43)c2)cc1. The average Bonchev–Trinajstić information content (AvgIpc) is 3.76. The van der Waals surface area contributed by atoms with Crippen LogP contribution >= 0.6 is 0 Å². The monoisotopic (exact) mass is 826 g/mol. The number of rotatable bonds is 5. The molecule has 0 saturated heterocycles. The van der Waals surface area contributed by atoms with E-state index in [2.05, 4.69) is 246 Å². The van der Waals surface area contributed by atoms with Crippen LogP contribution < -0.4 is 20.6 Å². The van der Waals surface area contributed by atoms with E-state index in [1.54, 1.807) is 0 Å². The van der Waals surface area contributed by atoms with E-state index in [1.807, 2.05) is 0 Å². The van der Waals surface area contributed by atoms with Crippen LogP contribution in [0.25, 0.3) is 55.3 Å². The minimum Gasteiger partial charge on any atom is -0.454 e. The van der Waals surface area contributed by atoms with Gasteiger partial charge in [0.15, 0.2) is 5.58 Å². The van der Waals surface area contributed by atoms with Crippen LogP contribution in [0, 0.1) is 0 Å². The quantitative estimate of drug-likeness (QED) is 0.161. The molecule has 0 bridgehead atoms. The zero-order valence-electron chi connectivity index (χ0n) is 35.4. The highest BCUT2D eigenvalue weighted by Gasteiger charge is 2.53. The summed E-state index contributed by atoms with van der Waals surface area (Å²) in [5.74, 6) is 0. The predicted molar refractivity (Wildman–Crippen MR) is 270 cm³/mol. The summed E-state index contributed by atoms with van der Waals surface area (Å²) in [6.07, 6.45) is 0. The van der Waals surface area contributed by atoms with Crippen LogP contribution in [0.15, 0.2) is 241 Å². The molecule has 3 aliphatic rings. The summed E-state index contributed by atoms with van der Waals surface area (Å²) >= 11 is 0. The highest BCUT2D eigenvalue weighted by atomic mass is 16.3. The third kappa shape index (κ3) is 5.02. The molecule has 4 heteroatoms. The number of nitrogens with zero attached hydrogens (tertiary/aromatic N) is 2. The first-order chi connectivity index (χ1) is 32.3. The van der Waals surface area contributed by atoms with Crippen molar-refractivity contribution >= 4 is 68.1 Å². The summed E-state index contributed by atoms with van der Waals surface area (Å²) in [5.41, 5.74) is 21.5. The van der Waals surface area contributed by atoms with Crippen LogP contribution in [0.5, 0.6) is 0 Å². The summed E-state index contributed by atoms with van der Waals surface area (Å²) in [6, 6.07) is 87.1. The Morgan fingerprint density at radius 3 is 1.74 bits per heavy atom. The van der Waals surface area contributed by atoms with E-state index in [4.69, 9.17) is 4.42 Å². The fraction of sp³-hybridized carbons (Fsp3) is 0.0164. The van der Waals surface area contributed by atoms with E-state index in [9.17, 15) is 0 Å². The maximum Gasteiger partial charge on any atom is 0.333 e. The number of anilines is 5. The lowest BCUT2D eigenvalue weighted by Crippen LogP contribution is -2.62. The van der Waals surface area contributed by atoms with Crippen molar-refractivity contribution in [2.45, 2.75) is 5.41 Å². The molecule has 3 nitrogen and oxygen atoms in total. The van der Waals surface area contributed by atoms with Crippen LogP contribution in [0.4, 0.5) is 28.4 Å². The lowest BCUT2D eigenvalue weighted by atomic mass is 9.42. The molecular formula is C61H39BN2O. The molecule has 65 heavy (non-hydrogen) atoms. The number of hydrogen-bond acceptors (Lipinski definition) is 3. The molecule has 14 rings (SSSR count). The fourth-order valence-electron chi connectivity index (χ4n) is 11.6. The van der Waals surface area contributed by atoms with Gasteiger partial charge in [0.2, 0.25) is 0 Å². The summed E-state index contributed by atoms with van der Waals surface area (Å²) in [5, 5.41) is 2.23. The smallest absolute Gasteiger partial charge is 0.333 e. The minimum atomic E-state index is -0.627. The molecule has 0 fully saturated rings. The summed E-state index contributed by atoms with van der Waals surface area (Å²) in [7, 11) is 0. The number of benzene rings is 10. The van der Waals surface area contributed by atoms with Crippen molar-refractivity contribution < 1.29 is 4.42 Å². The molecule has 302 valence electrons. The van der Waals surface area contributed by atoms with E-state index in [-0.39, 0.29) is 6.85 Å². The Morgan fingerprint density at radius 1 is 0.400 bits per heavy atom. The first kappa shape index (κ1) is 36.2. The summed E-state index contributed by atoms with van der Waals surface area (Å²) in [4.78, 5) is 5.20. The highest BCUT2D eigenvalue weighted by Crippen LogP contribution is 2.60. The molecule has 11 aromatic rings. The molecular weight excluding hydrogens is 787 g/mol. The zero-order chi connectivity index (χ0) is 42.6. The van der Waals surface area contributed by atoms with Gasteiger partial charge in [-0.3, -0.25) is 0 Å². The Labute approximate surface area is 378 Å². The second-order valence-electron chi connectivity index (χ2n) is 17.5. The second kappa shape index (κ2) is 13.8. The Morgan fingerprint density at radius 2 is 1.00 bits per heavy atom. The van der Waals surface area contributed by atoms with Crippen molar-refractivity contribution in [3.63, 3.8) is 0 Å². The fourth-order valence-corrected chi connectivity index (χ4v) is 11.6. The molecule has 0 amide bonds. The van der Waals surface area contributed by atoms with Crippen LogP contribution in [-0.4, -0.2) is 6.85 Å². The summed E-state index contributed by atoms with van der Waals surface area (Å²) in [6.45, 7) is -0.209. The van der Waals surface area contributed by atoms with E-state index in [0.29, 0.717) is 0 Å². The van der Waals surface area contributed by atoms with Gasteiger partial charge >= 0.3 is 6.85 Å². The Hall–Kier alpha value is -8.34. The number of hydrogen-bond donors (Lipinski definition) is 0. The van der Waals surface area contributed by atoms with Crippen molar-refractivity contribution in [1.29, 1.82) is 0 Å². The lowest BCUT2D eigenvalue weighted by Gasteiger charge is -2.52. The van der Waals surface area contributed by atoms with Crippen molar-refractivity contribution in [3.05, 3.63) is 259 Å². The minimum absolute atomic E-state index is 0.209. The molecule has 0 unspecified atom stereocenters. The largest absolute Gasteiger partial charge is 0.454 e. The van der Waals surface area contributed by atoms with Crippen LogP contribution in [0.3, 0.4) is 0 Å². The molecule has 0 saturated carbocycles. The van der Waals surface area contributed by atoms with Gasteiger partial charge in [-0.2, -0.15) is 0 Å². The van der Waals surface area contributed by atoms with E-state index in [0.717, 1.165) is 39.0 Å². The molecule has 3 aliphatic heterocycles. The van der Waals surface area contributed by atoms with Crippen molar-refractivity contribution in [3.8, 4) is 33.4 Å². The number of fused-ring (bicyclic) bond motifs is 10. The Kier molecular flexibility index (Phi) is 7.70. The van der Waals surface area contributed by atoms with Gasteiger partial charge in [0, 0.05) is 33.4 Å². The van der Waals surface area contributed by atoms with Gasteiger partial charge < -0.3 is 14.1 Å². The molecule has 10 aromatic carbocycles. The number of furan rings is 1. The number of para-hydroxylation sites is 3. The van der Waals surface area contributed by atoms with Gasteiger partial charge in [0.25, 0.3) is 0 Å². The molecule has 0 aliphatic carbocycles. The van der Waals surface area contributed by atoms with Gasteiger partial charge in [0.05, 0.1) is 16.8 Å².